The van der Waals surface area contributed by atoms with Crippen LogP contribution in [0.5, 0.6) is 0 Å². The highest BCUT2D eigenvalue weighted by molar-refractivity contribution is 7.15. The fraction of sp³-hybridized carbons (Fsp3) is 0.250. The fourth-order valence-electron chi connectivity index (χ4n) is 1.58. The Balaban J connectivity index is 2.21. The van der Waals surface area contributed by atoms with E-state index < -0.39 is 0 Å². The summed E-state index contributed by atoms with van der Waals surface area (Å²) in [5.41, 5.74) is 4.55. The zero-order chi connectivity index (χ0) is 13.8. The summed E-state index contributed by atoms with van der Waals surface area (Å²) in [6.45, 7) is 3.90. The number of aryl methyl sites for hydroxylation is 2. The van der Waals surface area contributed by atoms with Gasteiger partial charge in [0.2, 0.25) is 5.13 Å². The van der Waals surface area contributed by atoms with Crippen LogP contribution in [0, 0.1) is 6.92 Å². The molecule has 7 heteroatoms. The zero-order valence-electron chi connectivity index (χ0n) is 10.7. The first-order valence-corrected chi connectivity index (χ1v) is 6.66. The van der Waals surface area contributed by atoms with Crippen molar-refractivity contribution in [2.45, 2.75) is 20.3 Å². The molecule has 2 rings (SSSR count). The van der Waals surface area contributed by atoms with E-state index in [0.717, 1.165) is 17.0 Å². The summed E-state index contributed by atoms with van der Waals surface area (Å²) in [5.74, 6) is 5.15. The van der Waals surface area contributed by atoms with Crippen LogP contribution in [-0.2, 0) is 6.42 Å². The Morgan fingerprint density at radius 1 is 1.42 bits per heavy atom. The maximum absolute atomic E-state index is 12.2. The van der Waals surface area contributed by atoms with Gasteiger partial charge in [-0.15, -0.1) is 10.2 Å². The third kappa shape index (κ3) is 3.07. The molecule has 0 saturated heterocycles. The first-order chi connectivity index (χ1) is 9.13. The molecule has 0 aliphatic carbocycles. The first kappa shape index (κ1) is 13.4. The number of nitrogens with one attached hydrogen (secondary N) is 2. The van der Waals surface area contributed by atoms with E-state index in [0.29, 0.717) is 16.4 Å². The molecule has 1 heterocycles. The molecule has 4 N–H and O–H groups in total. The second-order valence-corrected chi connectivity index (χ2v) is 5.06. The van der Waals surface area contributed by atoms with Crippen LogP contribution in [0.3, 0.4) is 0 Å². The minimum Gasteiger partial charge on any atom is -0.323 e. The van der Waals surface area contributed by atoms with Gasteiger partial charge in [0.05, 0.1) is 11.3 Å². The van der Waals surface area contributed by atoms with Crippen molar-refractivity contribution in [3.8, 4) is 0 Å². The SMILES string of the molecule is CCc1nnc(NC(=O)c2cc(C)ccc2NN)s1. The zero-order valence-corrected chi connectivity index (χ0v) is 11.5. The molecule has 0 spiro atoms. The minimum absolute atomic E-state index is 0.254. The number of nitrogens with two attached hydrogens (primary N) is 1. The topological polar surface area (TPSA) is 92.9 Å². The van der Waals surface area contributed by atoms with Gasteiger partial charge in [-0.1, -0.05) is 29.9 Å². The Morgan fingerprint density at radius 2 is 2.21 bits per heavy atom. The largest absolute Gasteiger partial charge is 0.323 e. The number of carbonyl (C=O) groups is 1. The maximum atomic E-state index is 12.2. The van der Waals surface area contributed by atoms with E-state index >= 15 is 0 Å². The molecule has 0 unspecified atom stereocenters. The van der Waals surface area contributed by atoms with Gasteiger partial charge in [0.15, 0.2) is 0 Å². The second kappa shape index (κ2) is 5.77. The lowest BCUT2D eigenvalue weighted by molar-refractivity contribution is 0.102. The number of anilines is 2. The predicted molar refractivity (Wildman–Crippen MR) is 76.2 cm³/mol. The van der Waals surface area contributed by atoms with Gasteiger partial charge in [0, 0.05) is 0 Å². The van der Waals surface area contributed by atoms with Crippen LogP contribution in [0.1, 0.15) is 27.9 Å². The monoisotopic (exact) mass is 277 g/mol. The standard InChI is InChI=1S/C12H15N5OS/c1-3-10-16-17-12(19-10)14-11(18)8-6-7(2)4-5-9(8)15-13/h4-6,15H,3,13H2,1-2H3,(H,14,17,18). The highest BCUT2D eigenvalue weighted by atomic mass is 32.1. The van der Waals surface area contributed by atoms with Crippen LogP contribution < -0.4 is 16.6 Å². The number of amides is 1. The Kier molecular flexibility index (Phi) is 4.08. The average Bonchev–Trinajstić information content (AvgIpc) is 2.86. The number of nitrogen functional groups attached to an aromatic ring is 1. The van der Waals surface area contributed by atoms with E-state index in [-0.39, 0.29) is 5.91 Å². The van der Waals surface area contributed by atoms with Crippen molar-refractivity contribution in [3.05, 3.63) is 34.3 Å². The molecule has 0 saturated carbocycles. The average molecular weight is 277 g/mol. The number of benzene rings is 1. The molecular formula is C12H15N5OS. The van der Waals surface area contributed by atoms with Gasteiger partial charge < -0.3 is 5.43 Å². The quantitative estimate of drug-likeness (QED) is 0.586. The molecule has 100 valence electrons. The number of aromatic nitrogens is 2. The van der Waals surface area contributed by atoms with E-state index in [9.17, 15) is 4.79 Å². The van der Waals surface area contributed by atoms with Gasteiger partial charge in [-0.2, -0.15) is 0 Å². The second-order valence-electron chi connectivity index (χ2n) is 4.00. The maximum Gasteiger partial charge on any atom is 0.259 e. The molecule has 0 atom stereocenters. The predicted octanol–water partition coefficient (Wildman–Crippen LogP) is 1.95. The van der Waals surface area contributed by atoms with Crippen molar-refractivity contribution in [2.75, 3.05) is 10.7 Å². The molecule has 0 bridgehead atoms. The van der Waals surface area contributed by atoms with Gasteiger partial charge >= 0.3 is 0 Å². The molecule has 19 heavy (non-hydrogen) atoms. The number of hydrogen-bond acceptors (Lipinski definition) is 6. The Bertz CT molecular complexity index is 596. The van der Waals surface area contributed by atoms with Gasteiger partial charge in [-0.05, 0) is 25.5 Å². The van der Waals surface area contributed by atoms with E-state index in [1.54, 1.807) is 12.1 Å². The molecule has 1 aromatic heterocycles. The molecule has 1 aromatic carbocycles. The van der Waals surface area contributed by atoms with Gasteiger partial charge in [0.25, 0.3) is 5.91 Å². The van der Waals surface area contributed by atoms with Crippen molar-refractivity contribution in [2.24, 2.45) is 5.84 Å². The number of hydrogen-bond donors (Lipinski definition) is 3. The van der Waals surface area contributed by atoms with E-state index in [1.165, 1.54) is 11.3 Å². The molecule has 0 fully saturated rings. The van der Waals surface area contributed by atoms with Crippen LogP contribution in [0.15, 0.2) is 18.2 Å². The van der Waals surface area contributed by atoms with Crippen molar-refractivity contribution < 1.29 is 4.79 Å². The Hall–Kier alpha value is -1.99. The smallest absolute Gasteiger partial charge is 0.259 e. The van der Waals surface area contributed by atoms with Crippen LogP contribution >= 0.6 is 11.3 Å². The summed E-state index contributed by atoms with van der Waals surface area (Å²) in [7, 11) is 0. The first-order valence-electron chi connectivity index (χ1n) is 5.85. The van der Waals surface area contributed by atoms with Crippen LogP contribution in [0.2, 0.25) is 0 Å². The number of carbonyl (C=O) groups excluding carboxylic acids is 1. The number of hydrazine groups is 1. The fourth-order valence-corrected chi connectivity index (χ4v) is 2.26. The van der Waals surface area contributed by atoms with Crippen molar-refractivity contribution in [1.82, 2.24) is 10.2 Å². The normalized spacial score (nSPS) is 10.3. The summed E-state index contributed by atoms with van der Waals surface area (Å²) < 4.78 is 0. The molecule has 1 amide bonds. The molecule has 0 aliphatic rings. The summed E-state index contributed by atoms with van der Waals surface area (Å²) >= 11 is 1.37. The summed E-state index contributed by atoms with van der Waals surface area (Å²) in [5, 5.41) is 12.0. The third-order valence-corrected chi connectivity index (χ3v) is 3.55. The molecular weight excluding hydrogens is 262 g/mol. The van der Waals surface area contributed by atoms with Crippen molar-refractivity contribution in [1.29, 1.82) is 0 Å². The van der Waals surface area contributed by atoms with Crippen LogP contribution in [-0.4, -0.2) is 16.1 Å². The lowest BCUT2D eigenvalue weighted by Gasteiger charge is -2.08. The number of nitrogens with zero attached hydrogens (tertiary/aromatic N) is 2. The summed E-state index contributed by atoms with van der Waals surface area (Å²) in [4.78, 5) is 12.2. The lowest BCUT2D eigenvalue weighted by Crippen LogP contribution is -2.17. The highest BCUT2D eigenvalue weighted by Crippen LogP contribution is 2.20. The Morgan fingerprint density at radius 3 is 2.84 bits per heavy atom. The van der Waals surface area contributed by atoms with E-state index in [4.69, 9.17) is 5.84 Å². The molecule has 6 nitrogen and oxygen atoms in total. The van der Waals surface area contributed by atoms with Crippen LogP contribution in [0.4, 0.5) is 10.8 Å². The third-order valence-electron chi connectivity index (χ3n) is 2.56. The van der Waals surface area contributed by atoms with Gasteiger partial charge in [-0.25, -0.2) is 0 Å². The Labute approximate surface area is 115 Å². The van der Waals surface area contributed by atoms with Crippen molar-refractivity contribution >= 4 is 28.1 Å². The van der Waals surface area contributed by atoms with Gasteiger partial charge in [0.1, 0.15) is 5.01 Å². The lowest BCUT2D eigenvalue weighted by atomic mass is 10.1. The molecule has 0 aliphatic heterocycles. The summed E-state index contributed by atoms with van der Waals surface area (Å²) in [6.07, 6.45) is 0.799. The minimum atomic E-state index is -0.254. The van der Waals surface area contributed by atoms with E-state index in [1.807, 2.05) is 19.9 Å². The van der Waals surface area contributed by atoms with Crippen LogP contribution in [0.25, 0.3) is 0 Å². The summed E-state index contributed by atoms with van der Waals surface area (Å²) in [6, 6.07) is 5.42. The van der Waals surface area contributed by atoms with E-state index in [2.05, 4.69) is 20.9 Å². The number of rotatable bonds is 4. The van der Waals surface area contributed by atoms with Crippen molar-refractivity contribution in [3.63, 3.8) is 0 Å². The molecule has 0 radical (unpaired) electrons. The van der Waals surface area contributed by atoms with Gasteiger partial charge in [-0.3, -0.25) is 16.0 Å². The highest BCUT2D eigenvalue weighted by Gasteiger charge is 2.13. The molecule has 2 aromatic rings.